The van der Waals surface area contributed by atoms with Crippen molar-refractivity contribution in [2.75, 3.05) is 0 Å². The molecule has 3 aromatic heterocycles. The van der Waals surface area contributed by atoms with Crippen LogP contribution >= 0.6 is 22.7 Å². The molecule has 0 aliphatic rings. The van der Waals surface area contributed by atoms with Gasteiger partial charge in [0.2, 0.25) is 0 Å². The molecule has 218 valence electrons. The fourth-order valence-electron chi connectivity index (χ4n) is 7.29. The van der Waals surface area contributed by atoms with Crippen molar-refractivity contribution in [3.8, 4) is 22.3 Å². The molecule has 1 N–H and O–H groups in total. The highest BCUT2D eigenvalue weighted by atomic mass is 32.1. The van der Waals surface area contributed by atoms with E-state index in [1.54, 1.807) is 0 Å². The van der Waals surface area contributed by atoms with Gasteiger partial charge in [-0.3, -0.25) is 0 Å². The molecule has 1 unspecified atom stereocenters. The van der Waals surface area contributed by atoms with E-state index in [1.807, 2.05) is 22.7 Å². The van der Waals surface area contributed by atoms with Crippen molar-refractivity contribution in [1.29, 1.82) is 0 Å². The normalized spacial score (nSPS) is 12.9. The van der Waals surface area contributed by atoms with Crippen LogP contribution in [0.1, 0.15) is 44.2 Å². The predicted octanol–water partition coefficient (Wildman–Crippen LogP) is 13.5. The molecule has 0 saturated carbocycles. The molecule has 1 atom stereocenters. The molecule has 6 aromatic carbocycles. The van der Waals surface area contributed by atoms with E-state index in [0.29, 0.717) is 5.92 Å². The summed E-state index contributed by atoms with van der Waals surface area (Å²) in [7, 11) is 0. The molecular weight excluding hydrogens is 583 g/mol. The zero-order chi connectivity index (χ0) is 30.2. The number of hydrogen-bond donors (Lipinski definition) is 1. The Hall–Kier alpha value is -4.44. The van der Waals surface area contributed by atoms with Crippen LogP contribution in [0.2, 0.25) is 0 Å². The standard InChI is InChI=1S/C42H33NS2/c1-4-24(3)28-11-7-15-33-34-17-9-13-30(42(34)45-40(28)33)27-19-21-38-36(23-27)35-22-26(18-20-37(35)43-38)29-12-8-16-32-31-14-6-10-25(5-2)39(31)44-41(29)32/h6-24,43H,4-5H2,1-3H3. The number of nitrogens with one attached hydrogen (secondary N) is 1. The van der Waals surface area contributed by atoms with Crippen molar-refractivity contribution in [3.63, 3.8) is 0 Å². The van der Waals surface area contributed by atoms with Gasteiger partial charge >= 0.3 is 0 Å². The second kappa shape index (κ2) is 10.3. The number of benzene rings is 6. The van der Waals surface area contributed by atoms with Crippen LogP contribution in [0.3, 0.4) is 0 Å². The number of aromatic nitrogens is 1. The molecule has 0 bridgehead atoms. The van der Waals surface area contributed by atoms with E-state index in [1.165, 1.54) is 95.5 Å². The topological polar surface area (TPSA) is 15.8 Å². The molecule has 45 heavy (non-hydrogen) atoms. The maximum atomic E-state index is 3.70. The van der Waals surface area contributed by atoms with Gasteiger partial charge < -0.3 is 4.98 Å². The van der Waals surface area contributed by atoms with Gasteiger partial charge in [-0.1, -0.05) is 106 Å². The molecule has 0 aliphatic heterocycles. The fourth-order valence-corrected chi connectivity index (χ4v) is 10.2. The van der Waals surface area contributed by atoms with Crippen LogP contribution in [0.25, 0.3) is 84.4 Å². The lowest BCUT2D eigenvalue weighted by Gasteiger charge is -2.09. The Morgan fingerprint density at radius 2 is 1.04 bits per heavy atom. The molecule has 9 aromatic rings. The van der Waals surface area contributed by atoms with Gasteiger partial charge in [0, 0.05) is 62.2 Å². The molecular formula is C42H33NS2. The van der Waals surface area contributed by atoms with E-state index >= 15 is 0 Å². The average Bonchev–Trinajstić information content (AvgIpc) is 3.78. The lowest BCUT2D eigenvalue weighted by molar-refractivity contribution is 0.740. The smallest absolute Gasteiger partial charge is 0.0465 e. The molecule has 0 amide bonds. The van der Waals surface area contributed by atoms with Crippen molar-refractivity contribution in [2.45, 2.75) is 39.5 Å². The summed E-state index contributed by atoms with van der Waals surface area (Å²) >= 11 is 3.91. The minimum Gasteiger partial charge on any atom is -0.355 e. The Morgan fingerprint density at radius 3 is 1.62 bits per heavy atom. The van der Waals surface area contributed by atoms with E-state index in [0.717, 1.165) is 12.8 Å². The van der Waals surface area contributed by atoms with Crippen LogP contribution in [0.5, 0.6) is 0 Å². The van der Waals surface area contributed by atoms with Gasteiger partial charge in [0.1, 0.15) is 0 Å². The quantitative estimate of drug-likeness (QED) is 0.198. The van der Waals surface area contributed by atoms with E-state index in [9.17, 15) is 0 Å². The zero-order valence-corrected chi connectivity index (χ0v) is 27.3. The summed E-state index contributed by atoms with van der Waals surface area (Å²) in [5.74, 6) is 0.550. The molecule has 3 heteroatoms. The van der Waals surface area contributed by atoms with Crippen LogP contribution in [0, 0.1) is 0 Å². The van der Waals surface area contributed by atoms with Crippen LogP contribution < -0.4 is 0 Å². The first kappa shape index (κ1) is 26.9. The third kappa shape index (κ3) is 4.04. The largest absolute Gasteiger partial charge is 0.355 e. The summed E-state index contributed by atoms with van der Waals surface area (Å²) in [6.45, 7) is 6.89. The van der Waals surface area contributed by atoms with Gasteiger partial charge in [0.15, 0.2) is 0 Å². The van der Waals surface area contributed by atoms with Crippen LogP contribution in [0.4, 0.5) is 0 Å². The third-order valence-corrected chi connectivity index (χ3v) is 12.5. The number of aryl methyl sites for hydroxylation is 1. The number of fused-ring (bicyclic) bond motifs is 9. The summed E-state index contributed by atoms with van der Waals surface area (Å²) in [6.07, 6.45) is 2.20. The Balaban J connectivity index is 1.23. The Kier molecular flexibility index (Phi) is 6.16. The van der Waals surface area contributed by atoms with E-state index in [4.69, 9.17) is 0 Å². The highest BCUT2D eigenvalue weighted by molar-refractivity contribution is 7.27. The van der Waals surface area contributed by atoms with E-state index in [2.05, 4.69) is 135 Å². The highest BCUT2D eigenvalue weighted by Gasteiger charge is 2.17. The Labute approximate surface area is 270 Å². The maximum Gasteiger partial charge on any atom is 0.0465 e. The van der Waals surface area contributed by atoms with Gasteiger partial charge in [0.25, 0.3) is 0 Å². The van der Waals surface area contributed by atoms with Gasteiger partial charge in [-0.15, -0.1) is 22.7 Å². The number of aromatic amines is 1. The highest BCUT2D eigenvalue weighted by Crippen LogP contribution is 2.45. The molecule has 3 heterocycles. The van der Waals surface area contributed by atoms with Crippen LogP contribution in [0.15, 0.2) is 109 Å². The number of thiophene rings is 2. The molecule has 0 spiro atoms. The van der Waals surface area contributed by atoms with Gasteiger partial charge in [-0.2, -0.15) is 0 Å². The Morgan fingerprint density at radius 1 is 0.533 bits per heavy atom. The van der Waals surface area contributed by atoms with Gasteiger partial charge in [-0.05, 0) is 76.4 Å². The van der Waals surface area contributed by atoms with Crippen molar-refractivity contribution < 1.29 is 0 Å². The first-order chi connectivity index (χ1) is 22.1. The monoisotopic (exact) mass is 615 g/mol. The van der Waals surface area contributed by atoms with Crippen molar-refractivity contribution in [3.05, 3.63) is 120 Å². The fraction of sp³-hybridized carbons (Fsp3) is 0.143. The third-order valence-electron chi connectivity index (χ3n) is 9.91. The summed E-state index contributed by atoms with van der Waals surface area (Å²) in [4.78, 5) is 3.70. The van der Waals surface area contributed by atoms with Crippen LogP contribution in [-0.2, 0) is 6.42 Å². The minimum atomic E-state index is 0.550. The zero-order valence-electron chi connectivity index (χ0n) is 25.7. The number of rotatable bonds is 5. The first-order valence-electron chi connectivity index (χ1n) is 16.1. The van der Waals surface area contributed by atoms with Crippen molar-refractivity contribution >= 4 is 84.8 Å². The van der Waals surface area contributed by atoms with E-state index in [-0.39, 0.29) is 0 Å². The molecule has 1 nitrogen and oxygen atoms in total. The summed E-state index contributed by atoms with van der Waals surface area (Å²) in [5.41, 5.74) is 10.4. The molecule has 0 saturated heterocycles. The van der Waals surface area contributed by atoms with Crippen molar-refractivity contribution in [1.82, 2.24) is 4.98 Å². The number of hydrogen-bond acceptors (Lipinski definition) is 2. The van der Waals surface area contributed by atoms with Gasteiger partial charge in [-0.25, -0.2) is 0 Å². The lowest BCUT2D eigenvalue weighted by Crippen LogP contribution is -1.90. The summed E-state index contributed by atoms with van der Waals surface area (Å²) < 4.78 is 5.62. The first-order valence-corrected chi connectivity index (χ1v) is 17.7. The molecule has 0 fully saturated rings. The van der Waals surface area contributed by atoms with Crippen molar-refractivity contribution in [2.24, 2.45) is 0 Å². The molecule has 9 rings (SSSR count). The van der Waals surface area contributed by atoms with E-state index < -0.39 is 0 Å². The lowest BCUT2D eigenvalue weighted by atomic mass is 9.96. The number of H-pyrrole nitrogens is 1. The Bertz CT molecular complexity index is 2590. The SMILES string of the molecule is CCc1cccc2c1sc1c(-c3ccc4[nH]c5ccc(-c6cccc7c6sc6c(C(C)CC)cccc67)cc5c4c3)cccc12. The molecule has 0 aliphatic carbocycles. The minimum absolute atomic E-state index is 0.550. The second-order valence-corrected chi connectivity index (χ2v) is 14.4. The van der Waals surface area contributed by atoms with Crippen LogP contribution in [-0.4, -0.2) is 4.98 Å². The van der Waals surface area contributed by atoms with Gasteiger partial charge in [0.05, 0.1) is 0 Å². The predicted molar refractivity (Wildman–Crippen MR) is 201 cm³/mol. The summed E-state index contributed by atoms with van der Waals surface area (Å²) in [6, 6.07) is 41.1. The summed E-state index contributed by atoms with van der Waals surface area (Å²) in [5, 5.41) is 8.03. The second-order valence-electron chi connectivity index (χ2n) is 12.4. The molecule has 0 radical (unpaired) electrons. The maximum absolute atomic E-state index is 3.70. The average molecular weight is 616 g/mol.